The van der Waals surface area contributed by atoms with Crippen LogP contribution < -0.4 is 0 Å². The van der Waals surface area contributed by atoms with Crippen LogP contribution in [0.3, 0.4) is 0 Å². The quantitative estimate of drug-likeness (QED) is 0.882. The standard InChI is InChI=1S/C16H25NO/c1-12(14-9-5-7-11-17-14)15(18)13-8-4-6-10-16(13,2)3/h5,7,9,11-13,15,18H,4,6,8,10H2,1-3H3. The molecule has 0 radical (unpaired) electrons. The average molecular weight is 247 g/mol. The molecule has 1 saturated carbocycles. The van der Waals surface area contributed by atoms with Crippen LogP contribution in [0.2, 0.25) is 0 Å². The molecule has 1 aromatic rings. The largest absolute Gasteiger partial charge is 0.392 e. The SMILES string of the molecule is CC(c1ccccn1)C(O)C1CCCCC1(C)C. The molecule has 0 bridgehead atoms. The van der Waals surface area contributed by atoms with Crippen molar-refractivity contribution in [2.75, 3.05) is 0 Å². The predicted octanol–water partition coefficient (Wildman–Crippen LogP) is 3.76. The minimum atomic E-state index is -0.282. The van der Waals surface area contributed by atoms with E-state index in [-0.39, 0.29) is 17.4 Å². The van der Waals surface area contributed by atoms with Crippen molar-refractivity contribution < 1.29 is 5.11 Å². The molecule has 1 aliphatic rings. The van der Waals surface area contributed by atoms with Crippen molar-refractivity contribution >= 4 is 0 Å². The minimum Gasteiger partial charge on any atom is -0.392 e. The highest BCUT2D eigenvalue weighted by molar-refractivity contribution is 5.11. The number of aromatic nitrogens is 1. The van der Waals surface area contributed by atoms with Gasteiger partial charge in [0.2, 0.25) is 0 Å². The van der Waals surface area contributed by atoms with Crippen molar-refractivity contribution in [2.45, 2.75) is 58.5 Å². The normalized spacial score (nSPS) is 26.6. The first kappa shape index (κ1) is 13.5. The van der Waals surface area contributed by atoms with Crippen LogP contribution >= 0.6 is 0 Å². The molecule has 1 heterocycles. The zero-order valence-electron chi connectivity index (χ0n) is 11.8. The van der Waals surface area contributed by atoms with Crippen molar-refractivity contribution in [1.82, 2.24) is 4.98 Å². The van der Waals surface area contributed by atoms with Crippen molar-refractivity contribution in [3.8, 4) is 0 Å². The Hall–Kier alpha value is -0.890. The number of rotatable bonds is 3. The molecule has 1 aromatic heterocycles. The van der Waals surface area contributed by atoms with E-state index in [0.29, 0.717) is 5.92 Å². The molecule has 0 saturated heterocycles. The Morgan fingerprint density at radius 3 is 2.72 bits per heavy atom. The minimum absolute atomic E-state index is 0.119. The maximum Gasteiger partial charge on any atom is 0.0654 e. The lowest BCUT2D eigenvalue weighted by Gasteiger charge is -2.43. The fraction of sp³-hybridized carbons (Fsp3) is 0.688. The third-order valence-corrected chi connectivity index (χ3v) is 4.67. The molecule has 2 nitrogen and oxygen atoms in total. The molecular weight excluding hydrogens is 222 g/mol. The van der Waals surface area contributed by atoms with Gasteiger partial charge in [-0.3, -0.25) is 4.98 Å². The Labute approximate surface area is 110 Å². The molecule has 0 amide bonds. The Morgan fingerprint density at radius 2 is 2.11 bits per heavy atom. The molecule has 3 unspecified atom stereocenters. The first-order valence-electron chi connectivity index (χ1n) is 7.11. The van der Waals surface area contributed by atoms with E-state index in [0.717, 1.165) is 12.1 Å². The van der Waals surface area contributed by atoms with E-state index in [9.17, 15) is 5.11 Å². The highest BCUT2D eigenvalue weighted by atomic mass is 16.3. The zero-order chi connectivity index (χ0) is 13.2. The van der Waals surface area contributed by atoms with Gasteiger partial charge in [-0.05, 0) is 36.3 Å². The third kappa shape index (κ3) is 2.74. The van der Waals surface area contributed by atoms with Crippen LogP contribution in [0.1, 0.15) is 58.1 Å². The second-order valence-electron chi connectivity index (χ2n) is 6.37. The fourth-order valence-corrected chi connectivity index (χ4v) is 3.32. The number of pyridine rings is 1. The molecule has 1 fully saturated rings. The number of hydrogen-bond acceptors (Lipinski definition) is 2. The van der Waals surface area contributed by atoms with E-state index in [1.165, 1.54) is 19.3 Å². The first-order chi connectivity index (χ1) is 8.52. The van der Waals surface area contributed by atoms with E-state index in [4.69, 9.17) is 0 Å². The van der Waals surface area contributed by atoms with Crippen molar-refractivity contribution in [3.05, 3.63) is 30.1 Å². The smallest absolute Gasteiger partial charge is 0.0654 e. The van der Waals surface area contributed by atoms with Gasteiger partial charge >= 0.3 is 0 Å². The van der Waals surface area contributed by atoms with Crippen LogP contribution in [0.25, 0.3) is 0 Å². The molecule has 0 spiro atoms. The van der Waals surface area contributed by atoms with Gasteiger partial charge in [0.1, 0.15) is 0 Å². The summed E-state index contributed by atoms with van der Waals surface area (Å²) in [7, 11) is 0. The van der Waals surface area contributed by atoms with Gasteiger partial charge in [-0.15, -0.1) is 0 Å². The van der Waals surface area contributed by atoms with Crippen LogP contribution in [0.4, 0.5) is 0 Å². The summed E-state index contributed by atoms with van der Waals surface area (Å²) in [5.74, 6) is 0.511. The zero-order valence-corrected chi connectivity index (χ0v) is 11.8. The Morgan fingerprint density at radius 1 is 1.33 bits per heavy atom. The van der Waals surface area contributed by atoms with Crippen LogP contribution in [0, 0.1) is 11.3 Å². The lowest BCUT2D eigenvalue weighted by atomic mass is 9.64. The van der Waals surface area contributed by atoms with Gasteiger partial charge < -0.3 is 5.11 Å². The topological polar surface area (TPSA) is 33.1 Å². The van der Waals surface area contributed by atoms with Gasteiger partial charge in [-0.25, -0.2) is 0 Å². The molecule has 2 heteroatoms. The van der Waals surface area contributed by atoms with Crippen molar-refractivity contribution in [1.29, 1.82) is 0 Å². The monoisotopic (exact) mass is 247 g/mol. The Bertz CT molecular complexity index is 374. The van der Waals surface area contributed by atoms with Crippen LogP contribution in [0.5, 0.6) is 0 Å². The van der Waals surface area contributed by atoms with Crippen LogP contribution in [-0.2, 0) is 0 Å². The molecule has 1 aliphatic carbocycles. The van der Waals surface area contributed by atoms with E-state index in [1.54, 1.807) is 0 Å². The van der Waals surface area contributed by atoms with Crippen LogP contribution in [0.15, 0.2) is 24.4 Å². The van der Waals surface area contributed by atoms with Crippen LogP contribution in [-0.4, -0.2) is 16.2 Å². The summed E-state index contributed by atoms with van der Waals surface area (Å²) in [5, 5.41) is 10.7. The van der Waals surface area contributed by atoms with E-state index in [2.05, 4.69) is 25.8 Å². The van der Waals surface area contributed by atoms with E-state index < -0.39 is 0 Å². The summed E-state index contributed by atoms with van der Waals surface area (Å²) in [4.78, 5) is 4.38. The van der Waals surface area contributed by atoms with Gasteiger partial charge in [0.25, 0.3) is 0 Å². The summed E-state index contributed by atoms with van der Waals surface area (Å²) in [5.41, 5.74) is 1.26. The average Bonchev–Trinajstić information content (AvgIpc) is 2.37. The number of hydrogen-bond donors (Lipinski definition) is 1. The van der Waals surface area contributed by atoms with E-state index >= 15 is 0 Å². The first-order valence-corrected chi connectivity index (χ1v) is 7.11. The molecule has 0 aromatic carbocycles. The molecule has 0 aliphatic heterocycles. The van der Waals surface area contributed by atoms with Gasteiger partial charge in [0.15, 0.2) is 0 Å². The van der Waals surface area contributed by atoms with E-state index in [1.807, 2.05) is 24.4 Å². The molecule has 18 heavy (non-hydrogen) atoms. The number of aliphatic hydroxyl groups excluding tert-OH is 1. The third-order valence-electron chi connectivity index (χ3n) is 4.67. The maximum atomic E-state index is 10.7. The van der Waals surface area contributed by atoms with Gasteiger partial charge in [-0.2, -0.15) is 0 Å². The Balaban J connectivity index is 2.13. The second kappa shape index (κ2) is 5.40. The van der Waals surface area contributed by atoms with Gasteiger partial charge in [0.05, 0.1) is 6.10 Å². The molecule has 1 N–H and O–H groups in total. The summed E-state index contributed by atoms with van der Waals surface area (Å²) in [6, 6.07) is 5.94. The maximum absolute atomic E-state index is 10.7. The molecule has 3 atom stereocenters. The number of aliphatic hydroxyl groups is 1. The second-order valence-corrected chi connectivity index (χ2v) is 6.37. The molecular formula is C16H25NO. The lowest BCUT2D eigenvalue weighted by Crippen LogP contribution is -2.39. The lowest BCUT2D eigenvalue weighted by molar-refractivity contribution is -0.00799. The van der Waals surface area contributed by atoms with Crippen molar-refractivity contribution in [3.63, 3.8) is 0 Å². The van der Waals surface area contributed by atoms with Gasteiger partial charge in [0, 0.05) is 17.8 Å². The summed E-state index contributed by atoms with van der Waals surface area (Å²) in [6.45, 7) is 6.69. The van der Waals surface area contributed by atoms with Gasteiger partial charge in [-0.1, -0.05) is 39.7 Å². The summed E-state index contributed by atoms with van der Waals surface area (Å²) in [6.07, 6.45) is 6.45. The van der Waals surface area contributed by atoms with Crippen molar-refractivity contribution in [2.24, 2.45) is 11.3 Å². The highest BCUT2D eigenvalue weighted by Crippen LogP contribution is 2.44. The highest BCUT2D eigenvalue weighted by Gasteiger charge is 2.39. The predicted molar refractivity (Wildman–Crippen MR) is 74.4 cm³/mol. The molecule has 2 rings (SSSR count). The number of nitrogens with zero attached hydrogens (tertiary/aromatic N) is 1. The molecule has 100 valence electrons. The fourth-order valence-electron chi connectivity index (χ4n) is 3.32. The Kier molecular flexibility index (Phi) is 4.06. The summed E-state index contributed by atoms with van der Waals surface area (Å²) < 4.78 is 0. The summed E-state index contributed by atoms with van der Waals surface area (Å²) >= 11 is 0.